The quantitative estimate of drug-likeness (QED) is 0.390. The van der Waals surface area contributed by atoms with Gasteiger partial charge in [-0.1, -0.05) is 29.4 Å². The van der Waals surface area contributed by atoms with Gasteiger partial charge in [-0.05, 0) is 27.7 Å². The third kappa shape index (κ3) is 6.23. The van der Waals surface area contributed by atoms with Crippen LogP contribution in [0.15, 0.2) is 35.5 Å². The molecule has 0 amide bonds. The number of esters is 1. The lowest BCUT2D eigenvalue weighted by atomic mass is 10.2. The molecule has 78 valence electrons. The standard InChI is InChI=1S/C12H18O2/c1-5-10(3)9-11(4)7-8-12(13)14-6-2/h5,7-9H,6H2,1-4H3/b8-7+,10-5+,11-9+. The molecular formula is C12H18O2. The highest BCUT2D eigenvalue weighted by atomic mass is 16.5. The van der Waals surface area contributed by atoms with Crippen molar-refractivity contribution in [1.82, 2.24) is 0 Å². The summed E-state index contributed by atoms with van der Waals surface area (Å²) in [7, 11) is 0. The van der Waals surface area contributed by atoms with Gasteiger partial charge in [-0.15, -0.1) is 0 Å². The van der Waals surface area contributed by atoms with Crippen molar-refractivity contribution in [1.29, 1.82) is 0 Å². The predicted molar refractivity (Wildman–Crippen MR) is 59.0 cm³/mol. The molecule has 0 aromatic heterocycles. The van der Waals surface area contributed by atoms with Crippen LogP contribution in [0.3, 0.4) is 0 Å². The van der Waals surface area contributed by atoms with Crippen LogP contribution in [0.1, 0.15) is 27.7 Å². The average Bonchev–Trinajstić information content (AvgIpc) is 2.15. The molecular weight excluding hydrogens is 176 g/mol. The third-order valence-corrected chi connectivity index (χ3v) is 1.68. The molecule has 0 fully saturated rings. The van der Waals surface area contributed by atoms with Gasteiger partial charge in [-0.3, -0.25) is 0 Å². The maximum Gasteiger partial charge on any atom is 0.330 e. The number of hydrogen-bond donors (Lipinski definition) is 0. The molecule has 0 N–H and O–H groups in total. The number of carbonyl (C=O) groups excluding carboxylic acids is 1. The zero-order chi connectivity index (χ0) is 11.0. The SMILES string of the molecule is C/C=C(C)/C=C(C)/C=C/C(=O)OCC. The van der Waals surface area contributed by atoms with E-state index < -0.39 is 0 Å². The molecule has 0 aliphatic carbocycles. The van der Waals surface area contributed by atoms with Gasteiger partial charge in [0.2, 0.25) is 0 Å². The Morgan fingerprint density at radius 3 is 2.36 bits per heavy atom. The smallest absolute Gasteiger partial charge is 0.330 e. The second-order valence-corrected chi connectivity index (χ2v) is 3.01. The first-order valence-corrected chi connectivity index (χ1v) is 4.76. The number of carbonyl (C=O) groups is 1. The molecule has 0 atom stereocenters. The molecule has 0 saturated heterocycles. The summed E-state index contributed by atoms with van der Waals surface area (Å²) in [6.45, 7) is 8.15. The zero-order valence-corrected chi connectivity index (χ0v) is 9.33. The minimum absolute atomic E-state index is 0.293. The lowest BCUT2D eigenvalue weighted by Gasteiger charge is -1.95. The van der Waals surface area contributed by atoms with Gasteiger partial charge in [0.15, 0.2) is 0 Å². The Bertz CT molecular complexity index is 270. The van der Waals surface area contributed by atoms with Crippen molar-refractivity contribution < 1.29 is 9.53 Å². The zero-order valence-electron chi connectivity index (χ0n) is 9.33. The molecule has 0 unspecified atom stereocenters. The summed E-state index contributed by atoms with van der Waals surface area (Å²) in [4.78, 5) is 11.0. The molecule has 0 radical (unpaired) electrons. The van der Waals surface area contributed by atoms with E-state index in [-0.39, 0.29) is 5.97 Å². The lowest BCUT2D eigenvalue weighted by molar-refractivity contribution is -0.137. The van der Waals surface area contributed by atoms with Crippen LogP contribution in [0.2, 0.25) is 0 Å². The Morgan fingerprint density at radius 2 is 1.86 bits per heavy atom. The van der Waals surface area contributed by atoms with E-state index in [4.69, 9.17) is 4.74 Å². The molecule has 0 heterocycles. The summed E-state index contributed by atoms with van der Waals surface area (Å²) in [5.74, 6) is -0.293. The largest absolute Gasteiger partial charge is 0.463 e. The highest BCUT2D eigenvalue weighted by Crippen LogP contribution is 2.02. The summed E-state index contributed by atoms with van der Waals surface area (Å²) in [6.07, 6.45) is 7.22. The summed E-state index contributed by atoms with van der Waals surface area (Å²) in [5, 5.41) is 0. The summed E-state index contributed by atoms with van der Waals surface area (Å²) >= 11 is 0. The molecule has 0 aromatic carbocycles. The van der Waals surface area contributed by atoms with Crippen LogP contribution in [0.5, 0.6) is 0 Å². The van der Waals surface area contributed by atoms with Crippen LogP contribution in [-0.4, -0.2) is 12.6 Å². The summed E-state index contributed by atoms with van der Waals surface area (Å²) in [5.41, 5.74) is 2.21. The van der Waals surface area contributed by atoms with Crippen molar-refractivity contribution in [2.45, 2.75) is 27.7 Å². The summed E-state index contributed by atoms with van der Waals surface area (Å²) in [6, 6.07) is 0. The van der Waals surface area contributed by atoms with E-state index >= 15 is 0 Å². The van der Waals surface area contributed by atoms with Crippen molar-refractivity contribution >= 4 is 5.97 Å². The molecule has 0 saturated carbocycles. The van der Waals surface area contributed by atoms with Crippen LogP contribution < -0.4 is 0 Å². The first kappa shape index (κ1) is 12.7. The van der Waals surface area contributed by atoms with Crippen LogP contribution in [0, 0.1) is 0 Å². The molecule has 2 heteroatoms. The van der Waals surface area contributed by atoms with Gasteiger partial charge in [-0.2, -0.15) is 0 Å². The van der Waals surface area contributed by atoms with Gasteiger partial charge in [0.25, 0.3) is 0 Å². The first-order valence-electron chi connectivity index (χ1n) is 4.76. The first-order chi connectivity index (χ1) is 6.60. The van der Waals surface area contributed by atoms with Crippen molar-refractivity contribution in [2.75, 3.05) is 6.61 Å². The molecule has 0 rings (SSSR count). The van der Waals surface area contributed by atoms with E-state index in [9.17, 15) is 4.79 Å². The molecule has 0 aliphatic rings. The third-order valence-electron chi connectivity index (χ3n) is 1.68. The van der Waals surface area contributed by atoms with E-state index in [1.165, 1.54) is 11.6 Å². The van der Waals surface area contributed by atoms with Gasteiger partial charge in [0.05, 0.1) is 6.61 Å². The van der Waals surface area contributed by atoms with Crippen molar-refractivity contribution in [3.8, 4) is 0 Å². The highest BCUT2D eigenvalue weighted by molar-refractivity contribution is 5.82. The van der Waals surface area contributed by atoms with Crippen LogP contribution in [0.4, 0.5) is 0 Å². The molecule has 2 nitrogen and oxygen atoms in total. The van der Waals surface area contributed by atoms with Gasteiger partial charge in [-0.25, -0.2) is 4.79 Å². The van der Waals surface area contributed by atoms with Gasteiger partial charge >= 0.3 is 5.97 Å². The Morgan fingerprint density at radius 1 is 1.21 bits per heavy atom. The second kappa shape index (κ2) is 7.13. The number of ether oxygens (including phenoxy) is 1. The van der Waals surface area contributed by atoms with Gasteiger partial charge in [0.1, 0.15) is 0 Å². The fourth-order valence-electron chi connectivity index (χ4n) is 0.880. The fraction of sp³-hybridized carbons (Fsp3) is 0.417. The Hall–Kier alpha value is -1.31. The molecule has 0 spiro atoms. The molecule has 0 bridgehead atoms. The van der Waals surface area contributed by atoms with E-state index in [2.05, 4.69) is 0 Å². The minimum Gasteiger partial charge on any atom is -0.463 e. The van der Waals surface area contributed by atoms with Gasteiger partial charge < -0.3 is 4.74 Å². The maximum atomic E-state index is 11.0. The number of rotatable bonds is 4. The summed E-state index contributed by atoms with van der Waals surface area (Å²) < 4.78 is 4.76. The van der Waals surface area contributed by atoms with E-state index in [0.29, 0.717) is 6.61 Å². The predicted octanol–water partition coefficient (Wildman–Crippen LogP) is 3.02. The van der Waals surface area contributed by atoms with Crippen molar-refractivity contribution in [3.63, 3.8) is 0 Å². The van der Waals surface area contributed by atoms with Crippen LogP contribution in [-0.2, 0) is 9.53 Å². The lowest BCUT2D eigenvalue weighted by Crippen LogP contribution is -1.98. The molecule has 0 aliphatic heterocycles. The Balaban J connectivity index is 4.24. The molecule has 0 aromatic rings. The Kier molecular flexibility index (Phi) is 6.46. The van der Waals surface area contributed by atoms with E-state index in [0.717, 1.165) is 5.57 Å². The van der Waals surface area contributed by atoms with E-state index in [1.807, 2.05) is 32.9 Å². The van der Waals surface area contributed by atoms with Crippen LogP contribution >= 0.6 is 0 Å². The Labute approximate surface area is 86.0 Å². The highest BCUT2D eigenvalue weighted by Gasteiger charge is 1.92. The van der Waals surface area contributed by atoms with Crippen LogP contribution in [0.25, 0.3) is 0 Å². The second-order valence-electron chi connectivity index (χ2n) is 3.01. The van der Waals surface area contributed by atoms with Crippen molar-refractivity contribution in [2.24, 2.45) is 0 Å². The monoisotopic (exact) mass is 194 g/mol. The average molecular weight is 194 g/mol. The van der Waals surface area contributed by atoms with E-state index in [1.54, 1.807) is 13.0 Å². The van der Waals surface area contributed by atoms with Gasteiger partial charge in [0, 0.05) is 6.08 Å². The topological polar surface area (TPSA) is 26.3 Å². The number of hydrogen-bond acceptors (Lipinski definition) is 2. The normalized spacial score (nSPS) is 13.4. The molecule has 14 heavy (non-hydrogen) atoms. The number of allylic oxidation sites excluding steroid dienone is 5. The van der Waals surface area contributed by atoms with Crippen molar-refractivity contribution in [3.05, 3.63) is 35.5 Å². The maximum absolute atomic E-state index is 11.0. The fourth-order valence-corrected chi connectivity index (χ4v) is 0.880. The minimum atomic E-state index is -0.293.